The number of hydrogen-bond donors (Lipinski definition) is 0. The number of hydrogen-bond acceptors (Lipinski definition) is 0. The summed E-state index contributed by atoms with van der Waals surface area (Å²) in [6.45, 7) is 2.34. The minimum Gasteiger partial charge on any atom is -0.147 e. The molecule has 0 fully saturated rings. The van der Waals surface area contributed by atoms with Gasteiger partial charge in [-0.25, -0.2) is 0 Å². The molecule has 0 amide bonds. The van der Waals surface area contributed by atoms with E-state index in [2.05, 4.69) is 49.3 Å². The third-order valence-corrected chi connectivity index (χ3v) is 3.73. The van der Waals surface area contributed by atoms with Crippen molar-refractivity contribution in [3.63, 3.8) is 0 Å². The zero-order valence-electron chi connectivity index (χ0n) is 11.1. The van der Waals surface area contributed by atoms with E-state index in [1.54, 1.807) is 0 Å². The van der Waals surface area contributed by atoms with E-state index < -0.39 is 0 Å². The van der Waals surface area contributed by atoms with Gasteiger partial charge in [0.05, 0.1) is 0 Å². The smallest absolute Gasteiger partial charge is 0.0114 e. The first-order valence-electron chi connectivity index (χ1n) is 5.93. The third kappa shape index (κ3) is 4.62. The fraction of sp³-hybridized carbons (Fsp3) is 0.375. The van der Waals surface area contributed by atoms with Gasteiger partial charge in [0.2, 0.25) is 0 Å². The Hall–Kier alpha value is -0.316. The van der Waals surface area contributed by atoms with E-state index in [9.17, 15) is 0 Å². The zero-order chi connectivity index (χ0) is 11.4. The first-order valence-corrected chi connectivity index (χ1v) is 5.93. The molecule has 0 aromatic carbocycles. The summed E-state index contributed by atoms with van der Waals surface area (Å²) in [5.41, 5.74) is 3.19. The van der Waals surface area contributed by atoms with Crippen LogP contribution >= 0.6 is 24.8 Å². The molecule has 0 saturated carbocycles. The Labute approximate surface area is 141 Å². The van der Waals surface area contributed by atoms with Crippen LogP contribution < -0.4 is 0 Å². The van der Waals surface area contributed by atoms with Crippen molar-refractivity contribution < 1.29 is 18.6 Å². The molecular formula is C16H20Cl2V. The van der Waals surface area contributed by atoms with Crippen molar-refractivity contribution in [2.24, 2.45) is 5.41 Å². The van der Waals surface area contributed by atoms with Gasteiger partial charge >= 0.3 is 0 Å². The Bertz CT molecular complexity index is 406. The van der Waals surface area contributed by atoms with Gasteiger partial charge in [0.15, 0.2) is 0 Å². The second kappa shape index (κ2) is 9.57. The molecule has 0 saturated heterocycles. The van der Waals surface area contributed by atoms with Crippen molar-refractivity contribution in [1.82, 2.24) is 0 Å². The Morgan fingerprint density at radius 1 is 1.11 bits per heavy atom. The Morgan fingerprint density at radius 3 is 1.89 bits per heavy atom. The molecule has 3 heteroatoms. The molecule has 0 nitrogen and oxygen atoms in total. The van der Waals surface area contributed by atoms with Crippen LogP contribution in [0, 0.1) is 17.8 Å². The average molecular weight is 334 g/mol. The Balaban J connectivity index is 0. The number of allylic oxidation sites excluding steroid dienone is 8. The summed E-state index contributed by atoms with van der Waals surface area (Å²) < 4.78 is 0. The van der Waals surface area contributed by atoms with E-state index in [0.717, 1.165) is 25.7 Å². The van der Waals surface area contributed by atoms with Gasteiger partial charge in [-0.05, 0) is 19.3 Å². The van der Waals surface area contributed by atoms with Crippen LogP contribution in [0.1, 0.15) is 32.6 Å². The van der Waals surface area contributed by atoms with Gasteiger partial charge in [-0.2, -0.15) is 0 Å². The van der Waals surface area contributed by atoms with Crippen LogP contribution in [-0.2, 0) is 18.6 Å². The predicted molar refractivity (Wildman–Crippen MR) is 84.4 cm³/mol. The van der Waals surface area contributed by atoms with Crippen molar-refractivity contribution in [3.8, 4) is 12.3 Å². The normalized spacial score (nSPS) is 15.6. The van der Waals surface area contributed by atoms with Gasteiger partial charge in [-0.15, -0.1) is 37.2 Å². The molecule has 19 heavy (non-hydrogen) atoms. The molecule has 0 aromatic heterocycles. The standard InChI is InChI=1S/C16H18.2ClH.V/c1-3-4-13-16(2,14-9-5-6-10-14)15-11-7-8-12-15;;;/h1,5-9,11H,4,10,12-13H2,2H3;2*1H;. The molecule has 2 rings (SSSR count). The second-order valence-electron chi connectivity index (χ2n) is 4.68. The van der Waals surface area contributed by atoms with Crippen LogP contribution in [0.2, 0.25) is 0 Å². The first kappa shape index (κ1) is 21.0. The van der Waals surface area contributed by atoms with Crippen molar-refractivity contribution >= 4 is 24.8 Å². The molecule has 0 aromatic rings. The SMILES string of the molecule is C#CCCC(C)(C1=CC=CC1)C1=CC=CC1.Cl.Cl.[V]. The molecule has 103 valence electrons. The minimum absolute atomic E-state index is 0. The van der Waals surface area contributed by atoms with Crippen LogP contribution in [0.3, 0.4) is 0 Å². The van der Waals surface area contributed by atoms with Crippen LogP contribution in [0.4, 0.5) is 0 Å². The van der Waals surface area contributed by atoms with E-state index >= 15 is 0 Å². The van der Waals surface area contributed by atoms with E-state index in [1.807, 2.05) is 0 Å². The van der Waals surface area contributed by atoms with E-state index in [4.69, 9.17) is 6.42 Å². The molecule has 0 spiro atoms. The molecule has 0 N–H and O–H groups in total. The molecule has 0 unspecified atom stereocenters. The first-order chi connectivity index (χ1) is 7.77. The number of rotatable bonds is 4. The fourth-order valence-electron chi connectivity index (χ4n) is 2.56. The zero-order valence-corrected chi connectivity index (χ0v) is 14.2. The topological polar surface area (TPSA) is 0 Å². The van der Waals surface area contributed by atoms with Crippen molar-refractivity contribution in [1.29, 1.82) is 0 Å². The Morgan fingerprint density at radius 2 is 1.58 bits per heavy atom. The average Bonchev–Trinajstić information content (AvgIpc) is 2.96. The number of halogens is 2. The van der Waals surface area contributed by atoms with Gasteiger partial charge in [-0.1, -0.05) is 54.5 Å². The molecule has 0 atom stereocenters. The fourth-order valence-corrected chi connectivity index (χ4v) is 2.56. The molecule has 0 bridgehead atoms. The Kier molecular flexibility index (Phi) is 10.6. The molecule has 0 aliphatic heterocycles. The predicted octanol–water partition coefficient (Wildman–Crippen LogP) is 5.02. The maximum Gasteiger partial charge on any atom is 0.0114 e. The quantitative estimate of drug-likeness (QED) is 0.633. The van der Waals surface area contributed by atoms with E-state index in [1.165, 1.54) is 11.1 Å². The van der Waals surface area contributed by atoms with Gasteiger partial charge in [0.25, 0.3) is 0 Å². The monoisotopic (exact) mass is 333 g/mol. The van der Waals surface area contributed by atoms with Gasteiger partial charge in [0, 0.05) is 30.4 Å². The summed E-state index contributed by atoms with van der Waals surface area (Å²) in [5, 5.41) is 0. The maximum absolute atomic E-state index is 5.41. The van der Waals surface area contributed by atoms with E-state index in [0.29, 0.717) is 0 Å². The largest absolute Gasteiger partial charge is 0.147 e. The summed E-state index contributed by atoms with van der Waals surface area (Å²) in [5.74, 6) is 2.78. The third-order valence-electron chi connectivity index (χ3n) is 3.73. The summed E-state index contributed by atoms with van der Waals surface area (Å²) in [4.78, 5) is 0. The maximum atomic E-state index is 5.41. The van der Waals surface area contributed by atoms with Crippen molar-refractivity contribution in [2.75, 3.05) is 0 Å². The van der Waals surface area contributed by atoms with Crippen molar-refractivity contribution in [3.05, 3.63) is 47.6 Å². The van der Waals surface area contributed by atoms with Crippen LogP contribution in [-0.4, -0.2) is 0 Å². The van der Waals surface area contributed by atoms with Crippen LogP contribution in [0.25, 0.3) is 0 Å². The second-order valence-corrected chi connectivity index (χ2v) is 4.68. The van der Waals surface area contributed by atoms with Crippen LogP contribution in [0.15, 0.2) is 47.6 Å². The summed E-state index contributed by atoms with van der Waals surface area (Å²) in [6, 6.07) is 0. The number of terminal acetylenes is 1. The molecule has 0 heterocycles. The summed E-state index contributed by atoms with van der Waals surface area (Å²) in [7, 11) is 0. The molecule has 2 aliphatic rings. The molecule has 2 aliphatic carbocycles. The molecular weight excluding hydrogens is 314 g/mol. The van der Waals surface area contributed by atoms with Crippen molar-refractivity contribution in [2.45, 2.75) is 32.6 Å². The van der Waals surface area contributed by atoms with Gasteiger partial charge in [-0.3, -0.25) is 0 Å². The molecule has 1 radical (unpaired) electrons. The van der Waals surface area contributed by atoms with Crippen LogP contribution in [0.5, 0.6) is 0 Å². The summed E-state index contributed by atoms with van der Waals surface area (Å²) >= 11 is 0. The van der Waals surface area contributed by atoms with E-state index in [-0.39, 0.29) is 48.8 Å². The minimum atomic E-state index is 0. The van der Waals surface area contributed by atoms with Gasteiger partial charge in [0.1, 0.15) is 0 Å². The summed E-state index contributed by atoms with van der Waals surface area (Å²) in [6.07, 6.45) is 22.8. The van der Waals surface area contributed by atoms with Gasteiger partial charge < -0.3 is 0 Å².